The van der Waals surface area contributed by atoms with E-state index in [1.54, 1.807) is 23.3 Å². The van der Waals surface area contributed by atoms with Crippen LogP contribution in [0.4, 0.5) is 0 Å². The van der Waals surface area contributed by atoms with E-state index in [0.717, 1.165) is 24.4 Å². The lowest BCUT2D eigenvalue weighted by molar-refractivity contribution is -0.143. The Labute approximate surface area is 178 Å². The number of ether oxygens (including phenoxy) is 1. The summed E-state index contributed by atoms with van der Waals surface area (Å²) in [5.74, 6) is -0.607. The Balaban J connectivity index is 2.26. The summed E-state index contributed by atoms with van der Waals surface area (Å²) in [4.78, 5) is 39.8. The second-order valence-electron chi connectivity index (χ2n) is 6.06. The van der Waals surface area contributed by atoms with Gasteiger partial charge in [0.25, 0.3) is 5.56 Å². The highest BCUT2D eigenvalue weighted by atomic mass is 79.9. The molecule has 0 N–H and O–H groups in total. The van der Waals surface area contributed by atoms with Crippen LogP contribution in [0.1, 0.15) is 18.1 Å². The Morgan fingerprint density at radius 3 is 2.64 bits per heavy atom. The summed E-state index contributed by atoms with van der Waals surface area (Å²) in [6.07, 6.45) is 1.98. The maximum absolute atomic E-state index is 13.2. The van der Waals surface area contributed by atoms with Crippen LogP contribution < -0.4 is 11.2 Å². The number of benzene rings is 1. The monoisotopic (exact) mass is 482 g/mol. The van der Waals surface area contributed by atoms with E-state index >= 15 is 0 Å². The Morgan fingerprint density at radius 1 is 1.25 bits per heavy atom. The third-order valence-corrected chi connectivity index (χ3v) is 7.37. The molecule has 148 valence electrons. The number of carbonyl (C=O) groups excluding carboxylic acids is 1. The van der Waals surface area contributed by atoms with Crippen molar-refractivity contribution in [1.82, 2.24) is 9.13 Å². The van der Waals surface area contributed by atoms with Gasteiger partial charge in [0.05, 0.1) is 22.3 Å². The number of thiophene rings is 1. The minimum Gasteiger partial charge on any atom is -0.465 e. The summed E-state index contributed by atoms with van der Waals surface area (Å²) in [6.45, 7) is 3.60. The Bertz CT molecular complexity index is 1160. The normalized spacial score (nSPS) is 11.1. The lowest BCUT2D eigenvalue weighted by atomic mass is 10.2. The van der Waals surface area contributed by atoms with Crippen LogP contribution >= 0.6 is 39.0 Å². The first-order valence-corrected chi connectivity index (χ1v) is 11.4. The predicted octanol–water partition coefficient (Wildman–Crippen LogP) is 3.63. The molecular formula is C19H19BrN2O4S2. The molecule has 0 atom stereocenters. The third kappa shape index (κ3) is 3.83. The van der Waals surface area contributed by atoms with Crippen LogP contribution in [-0.4, -0.2) is 28.0 Å². The Hall–Kier alpha value is -1.84. The molecule has 0 spiro atoms. The largest absolute Gasteiger partial charge is 0.465 e. The predicted molar refractivity (Wildman–Crippen MR) is 117 cm³/mol. The highest BCUT2D eigenvalue weighted by molar-refractivity contribution is 9.11. The maximum Gasteiger partial charge on any atom is 0.332 e. The molecule has 0 fully saturated rings. The first-order valence-electron chi connectivity index (χ1n) is 8.58. The number of hydrogen-bond acceptors (Lipinski definition) is 6. The molecule has 6 nitrogen and oxygen atoms in total. The fourth-order valence-corrected chi connectivity index (χ4v) is 5.27. The lowest BCUT2D eigenvalue weighted by Gasteiger charge is -2.13. The summed E-state index contributed by atoms with van der Waals surface area (Å²) in [5.41, 5.74) is 0.744. The average molecular weight is 483 g/mol. The molecule has 28 heavy (non-hydrogen) atoms. The standard InChI is InChI=1S/C19H19BrN2O4S2/c1-4-26-14(23)10-21-17(24)15-11(2)16(20)28-18(15)22(19(21)25)9-12-7-5-6-8-13(12)27-3/h5-8H,4,9-10H2,1-3H3. The number of aryl methyl sites for hydroxylation is 1. The number of thioether (sulfide) groups is 1. The molecule has 2 aromatic heterocycles. The van der Waals surface area contributed by atoms with Gasteiger partial charge in [-0.3, -0.25) is 14.2 Å². The molecule has 2 heterocycles. The molecule has 9 heteroatoms. The van der Waals surface area contributed by atoms with Crippen molar-refractivity contribution in [2.45, 2.75) is 31.8 Å². The molecular weight excluding hydrogens is 464 g/mol. The van der Waals surface area contributed by atoms with Crippen molar-refractivity contribution in [3.8, 4) is 0 Å². The molecule has 0 saturated heterocycles. The van der Waals surface area contributed by atoms with E-state index in [4.69, 9.17) is 4.74 Å². The van der Waals surface area contributed by atoms with Crippen molar-refractivity contribution in [3.05, 3.63) is 60.0 Å². The van der Waals surface area contributed by atoms with E-state index < -0.39 is 23.8 Å². The number of carbonyl (C=O) groups is 1. The highest BCUT2D eigenvalue weighted by Gasteiger charge is 2.21. The van der Waals surface area contributed by atoms with E-state index in [-0.39, 0.29) is 6.61 Å². The summed E-state index contributed by atoms with van der Waals surface area (Å²) >= 11 is 6.42. The highest BCUT2D eigenvalue weighted by Crippen LogP contribution is 2.33. The van der Waals surface area contributed by atoms with E-state index in [0.29, 0.717) is 16.8 Å². The molecule has 0 amide bonds. The van der Waals surface area contributed by atoms with E-state index in [1.807, 2.05) is 37.4 Å². The molecule has 0 aliphatic heterocycles. The lowest BCUT2D eigenvalue weighted by Crippen LogP contribution is -2.42. The van der Waals surface area contributed by atoms with Crippen LogP contribution in [-0.2, 0) is 22.6 Å². The summed E-state index contributed by atoms with van der Waals surface area (Å²) in [7, 11) is 0. The van der Waals surface area contributed by atoms with Gasteiger partial charge in [0.2, 0.25) is 0 Å². The van der Waals surface area contributed by atoms with E-state index in [1.165, 1.54) is 11.3 Å². The summed E-state index contributed by atoms with van der Waals surface area (Å²) < 4.78 is 8.26. The van der Waals surface area contributed by atoms with Gasteiger partial charge < -0.3 is 4.74 Å². The van der Waals surface area contributed by atoms with Gasteiger partial charge in [-0.1, -0.05) is 18.2 Å². The van der Waals surface area contributed by atoms with Gasteiger partial charge in [-0.2, -0.15) is 0 Å². The fourth-order valence-electron chi connectivity index (χ4n) is 2.99. The Morgan fingerprint density at radius 2 is 1.96 bits per heavy atom. The quantitative estimate of drug-likeness (QED) is 0.396. The van der Waals surface area contributed by atoms with Crippen molar-refractivity contribution in [3.63, 3.8) is 0 Å². The zero-order valence-corrected chi connectivity index (χ0v) is 18.9. The van der Waals surface area contributed by atoms with Crippen molar-refractivity contribution in [1.29, 1.82) is 0 Å². The van der Waals surface area contributed by atoms with E-state index in [9.17, 15) is 14.4 Å². The minimum atomic E-state index is -0.607. The summed E-state index contributed by atoms with van der Waals surface area (Å²) in [6, 6.07) is 7.82. The molecule has 0 radical (unpaired) electrons. The first-order chi connectivity index (χ1) is 13.4. The first kappa shape index (κ1) is 20.9. The SMILES string of the molecule is CCOC(=O)Cn1c(=O)c2c(C)c(Br)sc2n(Cc2ccccc2SC)c1=O. The van der Waals surface area contributed by atoms with Gasteiger partial charge >= 0.3 is 11.7 Å². The van der Waals surface area contributed by atoms with Gasteiger partial charge in [-0.15, -0.1) is 23.1 Å². The van der Waals surface area contributed by atoms with Crippen LogP contribution in [0.2, 0.25) is 0 Å². The number of rotatable bonds is 6. The fraction of sp³-hybridized carbons (Fsp3) is 0.316. The van der Waals surface area contributed by atoms with Crippen LogP contribution in [0, 0.1) is 6.92 Å². The number of esters is 1. The van der Waals surface area contributed by atoms with Gasteiger partial charge in [0.1, 0.15) is 11.4 Å². The molecule has 0 aliphatic rings. The molecule has 0 bridgehead atoms. The second kappa shape index (κ2) is 8.67. The number of nitrogens with zero attached hydrogens (tertiary/aromatic N) is 2. The van der Waals surface area contributed by atoms with E-state index in [2.05, 4.69) is 15.9 Å². The number of halogens is 1. The molecule has 1 aromatic carbocycles. The van der Waals surface area contributed by atoms with Crippen molar-refractivity contribution in [2.75, 3.05) is 12.9 Å². The third-order valence-electron chi connectivity index (χ3n) is 4.35. The molecule has 3 rings (SSSR count). The number of aromatic nitrogens is 2. The van der Waals surface area contributed by atoms with Gasteiger partial charge in [0, 0.05) is 4.90 Å². The van der Waals surface area contributed by atoms with Crippen LogP contribution in [0.5, 0.6) is 0 Å². The second-order valence-corrected chi connectivity index (χ2v) is 9.22. The van der Waals surface area contributed by atoms with Crippen molar-refractivity contribution in [2.24, 2.45) is 0 Å². The number of hydrogen-bond donors (Lipinski definition) is 0. The zero-order valence-electron chi connectivity index (χ0n) is 15.7. The molecule has 0 unspecified atom stereocenters. The average Bonchev–Trinajstić information content (AvgIpc) is 2.97. The number of fused-ring (bicyclic) bond motifs is 1. The van der Waals surface area contributed by atoms with Gasteiger partial charge in [-0.05, 0) is 53.2 Å². The van der Waals surface area contributed by atoms with Crippen molar-refractivity contribution >= 4 is 55.2 Å². The topological polar surface area (TPSA) is 70.3 Å². The molecule has 0 aliphatic carbocycles. The van der Waals surface area contributed by atoms with Crippen LogP contribution in [0.15, 0.2) is 42.5 Å². The van der Waals surface area contributed by atoms with Gasteiger partial charge in [0.15, 0.2) is 0 Å². The molecule has 3 aromatic rings. The zero-order chi connectivity index (χ0) is 20.4. The summed E-state index contributed by atoms with van der Waals surface area (Å²) in [5, 5.41) is 0.447. The molecule has 0 saturated carbocycles. The maximum atomic E-state index is 13.2. The van der Waals surface area contributed by atoms with Crippen molar-refractivity contribution < 1.29 is 9.53 Å². The van der Waals surface area contributed by atoms with Crippen LogP contribution in [0.25, 0.3) is 10.2 Å². The Kier molecular flexibility index (Phi) is 6.47. The minimum absolute atomic E-state index is 0.189. The smallest absolute Gasteiger partial charge is 0.332 e. The van der Waals surface area contributed by atoms with Crippen LogP contribution in [0.3, 0.4) is 0 Å². The van der Waals surface area contributed by atoms with Gasteiger partial charge in [-0.25, -0.2) is 9.36 Å².